The topological polar surface area (TPSA) is 41.1 Å². The lowest BCUT2D eigenvalue weighted by atomic mass is 10.1. The molecule has 0 aromatic heterocycles. The largest absolute Gasteiger partial charge is 0.374 e. The SMILES string of the molecule is O=C1Nc2ccccc2CCC1Nc1cc(F)cc(F)c1. The molecule has 1 unspecified atom stereocenters. The summed E-state index contributed by atoms with van der Waals surface area (Å²) >= 11 is 0. The molecular formula is C16H14F2N2O. The van der Waals surface area contributed by atoms with E-state index in [4.69, 9.17) is 0 Å². The molecule has 0 radical (unpaired) electrons. The van der Waals surface area contributed by atoms with Crippen LogP contribution < -0.4 is 10.6 Å². The van der Waals surface area contributed by atoms with E-state index in [0.29, 0.717) is 12.8 Å². The van der Waals surface area contributed by atoms with E-state index in [-0.39, 0.29) is 11.6 Å². The molecule has 0 saturated carbocycles. The maximum Gasteiger partial charge on any atom is 0.246 e. The highest BCUT2D eigenvalue weighted by atomic mass is 19.1. The van der Waals surface area contributed by atoms with Gasteiger partial charge in [0.15, 0.2) is 0 Å². The van der Waals surface area contributed by atoms with Gasteiger partial charge >= 0.3 is 0 Å². The summed E-state index contributed by atoms with van der Waals surface area (Å²) in [4.78, 5) is 12.2. The van der Waals surface area contributed by atoms with Crippen molar-refractivity contribution in [2.45, 2.75) is 18.9 Å². The summed E-state index contributed by atoms with van der Waals surface area (Å²) in [6.07, 6.45) is 1.27. The Kier molecular flexibility index (Phi) is 3.56. The Morgan fingerprint density at radius 2 is 1.81 bits per heavy atom. The van der Waals surface area contributed by atoms with Gasteiger partial charge in [-0.1, -0.05) is 18.2 Å². The summed E-state index contributed by atoms with van der Waals surface area (Å²) in [7, 11) is 0. The minimum atomic E-state index is -0.671. The van der Waals surface area contributed by atoms with Crippen molar-refractivity contribution < 1.29 is 13.6 Å². The lowest BCUT2D eigenvalue weighted by Crippen LogP contribution is -2.33. The van der Waals surface area contributed by atoms with Crippen molar-refractivity contribution in [3.8, 4) is 0 Å². The van der Waals surface area contributed by atoms with Crippen molar-refractivity contribution in [1.29, 1.82) is 0 Å². The fourth-order valence-corrected chi connectivity index (χ4v) is 2.49. The number of nitrogens with one attached hydrogen (secondary N) is 2. The number of aryl methyl sites for hydroxylation is 1. The Hall–Kier alpha value is -2.43. The van der Waals surface area contributed by atoms with Crippen molar-refractivity contribution in [3.63, 3.8) is 0 Å². The lowest BCUT2D eigenvalue weighted by Gasteiger charge is -2.16. The number of benzene rings is 2. The fourth-order valence-electron chi connectivity index (χ4n) is 2.49. The molecule has 5 heteroatoms. The zero-order valence-corrected chi connectivity index (χ0v) is 11.2. The molecule has 0 saturated heterocycles. The molecule has 2 aromatic rings. The number of hydrogen-bond donors (Lipinski definition) is 2. The van der Waals surface area contributed by atoms with Crippen molar-refractivity contribution in [2.75, 3.05) is 10.6 Å². The molecule has 3 nitrogen and oxygen atoms in total. The quantitative estimate of drug-likeness (QED) is 0.890. The summed E-state index contributed by atoms with van der Waals surface area (Å²) in [6.45, 7) is 0. The first-order valence-corrected chi connectivity index (χ1v) is 6.73. The molecule has 0 bridgehead atoms. The summed E-state index contributed by atoms with van der Waals surface area (Å²) in [5.41, 5.74) is 2.11. The average Bonchev–Trinajstić information content (AvgIpc) is 2.58. The molecule has 1 amide bonds. The third-order valence-corrected chi connectivity index (χ3v) is 3.50. The minimum Gasteiger partial charge on any atom is -0.374 e. The van der Waals surface area contributed by atoms with Crippen molar-refractivity contribution in [3.05, 3.63) is 59.7 Å². The maximum atomic E-state index is 13.2. The predicted molar refractivity (Wildman–Crippen MR) is 77.2 cm³/mol. The summed E-state index contributed by atoms with van der Waals surface area (Å²) in [5, 5.41) is 5.73. The van der Waals surface area contributed by atoms with Gasteiger partial charge in [0.2, 0.25) is 5.91 Å². The van der Waals surface area contributed by atoms with Gasteiger partial charge in [0, 0.05) is 17.4 Å². The highest BCUT2D eigenvalue weighted by molar-refractivity contribution is 5.97. The van der Waals surface area contributed by atoms with E-state index in [1.807, 2.05) is 24.3 Å². The van der Waals surface area contributed by atoms with E-state index in [0.717, 1.165) is 17.3 Å². The number of hydrogen-bond acceptors (Lipinski definition) is 2. The molecule has 1 atom stereocenters. The molecule has 2 N–H and O–H groups in total. The molecule has 0 fully saturated rings. The third kappa shape index (κ3) is 3.02. The van der Waals surface area contributed by atoms with Crippen molar-refractivity contribution >= 4 is 17.3 Å². The summed E-state index contributed by atoms with van der Waals surface area (Å²) < 4.78 is 26.4. The Morgan fingerprint density at radius 3 is 2.57 bits per heavy atom. The fraction of sp³-hybridized carbons (Fsp3) is 0.188. The number of rotatable bonds is 2. The maximum absolute atomic E-state index is 13.2. The Bertz CT molecular complexity index is 667. The van der Waals surface area contributed by atoms with Gasteiger partial charge in [-0.05, 0) is 36.6 Å². The first kappa shape index (κ1) is 13.5. The van der Waals surface area contributed by atoms with Crippen LogP contribution in [0.1, 0.15) is 12.0 Å². The Balaban J connectivity index is 1.79. The van der Waals surface area contributed by atoms with Crippen LogP contribution in [-0.2, 0) is 11.2 Å². The zero-order chi connectivity index (χ0) is 14.8. The number of para-hydroxylation sites is 1. The van der Waals surface area contributed by atoms with Crippen LogP contribution in [0.4, 0.5) is 20.2 Å². The second kappa shape index (κ2) is 5.52. The van der Waals surface area contributed by atoms with Crippen LogP contribution in [0.25, 0.3) is 0 Å². The number of carbonyl (C=O) groups excluding carboxylic acids is 1. The first-order chi connectivity index (χ1) is 10.1. The van der Waals surface area contributed by atoms with Gasteiger partial charge in [0.25, 0.3) is 0 Å². The average molecular weight is 288 g/mol. The molecule has 2 aromatic carbocycles. The normalized spacial score (nSPS) is 17.6. The van der Waals surface area contributed by atoms with E-state index in [9.17, 15) is 13.6 Å². The van der Waals surface area contributed by atoms with Crippen LogP contribution in [0.2, 0.25) is 0 Å². The molecule has 0 aliphatic carbocycles. The Labute approximate surface area is 121 Å². The van der Waals surface area contributed by atoms with Crippen LogP contribution in [0, 0.1) is 11.6 Å². The molecule has 1 aliphatic rings. The summed E-state index contributed by atoms with van der Waals surface area (Å²) in [5.74, 6) is -1.55. The number of amides is 1. The number of halogens is 2. The van der Waals surface area contributed by atoms with Crippen LogP contribution >= 0.6 is 0 Å². The van der Waals surface area contributed by atoms with Gasteiger partial charge in [-0.15, -0.1) is 0 Å². The monoisotopic (exact) mass is 288 g/mol. The van der Waals surface area contributed by atoms with Crippen molar-refractivity contribution in [2.24, 2.45) is 0 Å². The highest BCUT2D eigenvalue weighted by Gasteiger charge is 2.23. The van der Waals surface area contributed by atoms with Gasteiger partial charge < -0.3 is 10.6 Å². The molecule has 108 valence electrons. The standard InChI is InChI=1S/C16H14F2N2O/c17-11-7-12(18)9-13(8-11)19-15-6-5-10-3-1-2-4-14(10)20-16(15)21/h1-4,7-9,15,19H,5-6H2,(H,20,21). The molecular weight excluding hydrogens is 274 g/mol. The zero-order valence-electron chi connectivity index (χ0n) is 11.2. The molecule has 1 aliphatic heterocycles. The second-order valence-electron chi connectivity index (χ2n) is 5.04. The lowest BCUT2D eigenvalue weighted by molar-refractivity contribution is -0.116. The predicted octanol–water partition coefficient (Wildman–Crippen LogP) is 3.33. The van der Waals surface area contributed by atoms with Gasteiger partial charge in [0.05, 0.1) is 0 Å². The van der Waals surface area contributed by atoms with E-state index in [1.165, 1.54) is 12.1 Å². The molecule has 21 heavy (non-hydrogen) atoms. The minimum absolute atomic E-state index is 0.204. The van der Waals surface area contributed by atoms with E-state index in [2.05, 4.69) is 10.6 Å². The van der Waals surface area contributed by atoms with Crippen LogP contribution in [0.15, 0.2) is 42.5 Å². The van der Waals surface area contributed by atoms with E-state index < -0.39 is 17.7 Å². The van der Waals surface area contributed by atoms with Gasteiger partial charge in [0.1, 0.15) is 17.7 Å². The van der Waals surface area contributed by atoms with Gasteiger partial charge in [-0.3, -0.25) is 4.79 Å². The molecule has 3 rings (SSSR count). The van der Waals surface area contributed by atoms with Crippen molar-refractivity contribution in [1.82, 2.24) is 0 Å². The van der Waals surface area contributed by atoms with Crippen LogP contribution in [-0.4, -0.2) is 11.9 Å². The summed E-state index contributed by atoms with van der Waals surface area (Å²) in [6, 6.07) is 10.2. The van der Waals surface area contributed by atoms with Gasteiger partial charge in [-0.2, -0.15) is 0 Å². The van der Waals surface area contributed by atoms with E-state index >= 15 is 0 Å². The van der Waals surface area contributed by atoms with E-state index in [1.54, 1.807) is 0 Å². The third-order valence-electron chi connectivity index (χ3n) is 3.50. The number of carbonyl (C=O) groups is 1. The highest BCUT2D eigenvalue weighted by Crippen LogP contribution is 2.23. The second-order valence-corrected chi connectivity index (χ2v) is 5.04. The number of anilines is 2. The Morgan fingerprint density at radius 1 is 1.10 bits per heavy atom. The first-order valence-electron chi connectivity index (χ1n) is 6.73. The van der Waals surface area contributed by atoms with Crippen LogP contribution in [0.3, 0.4) is 0 Å². The van der Waals surface area contributed by atoms with Crippen LogP contribution in [0.5, 0.6) is 0 Å². The van der Waals surface area contributed by atoms with Gasteiger partial charge in [-0.25, -0.2) is 8.78 Å². The number of fused-ring (bicyclic) bond motifs is 1. The molecule has 1 heterocycles. The molecule has 0 spiro atoms. The smallest absolute Gasteiger partial charge is 0.246 e.